The fourth-order valence-electron chi connectivity index (χ4n) is 6.40. The molecule has 2 N–H and O–H groups in total. The van der Waals surface area contributed by atoms with Gasteiger partial charge in [0.05, 0.1) is 11.7 Å². The molecule has 2 fully saturated rings. The number of nitrogens with one attached hydrogen (secondary N) is 2. The largest absolute Gasteiger partial charge is 0.399 e. The van der Waals surface area contributed by atoms with Crippen molar-refractivity contribution in [3.8, 4) is 0 Å². The van der Waals surface area contributed by atoms with E-state index < -0.39 is 35.2 Å². The van der Waals surface area contributed by atoms with Crippen LogP contribution < -0.4 is 10.9 Å². The number of fused-ring (bicyclic) bond motifs is 1. The molecule has 2 aromatic heterocycles. The Labute approximate surface area is 232 Å². The van der Waals surface area contributed by atoms with Gasteiger partial charge in [-0.3, -0.25) is 4.79 Å². The fraction of sp³-hybridized carbons (Fsp3) is 0.500. The van der Waals surface area contributed by atoms with Crippen molar-refractivity contribution in [2.75, 3.05) is 13.1 Å². The maximum atomic E-state index is 14.8. The lowest BCUT2D eigenvalue weighted by atomic mass is 9.90. The van der Waals surface area contributed by atoms with Crippen molar-refractivity contribution < 1.29 is 26.7 Å². The number of aromatic amines is 1. The number of piperidine rings is 1. The molecule has 4 heterocycles. The molecule has 6 rings (SSSR count). The second-order valence-corrected chi connectivity index (χ2v) is 11.2. The number of nitrogens with zero attached hydrogens (tertiary/aromatic N) is 4. The Morgan fingerprint density at radius 3 is 2.46 bits per heavy atom. The molecule has 13 heteroatoms. The molecule has 0 unspecified atom stereocenters. The average Bonchev–Trinajstić information content (AvgIpc) is 3.70. The lowest BCUT2D eigenvalue weighted by Gasteiger charge is -2.33. The SMILES string of the molecule is O=C(N[C@@H]1CC[C@@H](c2cccc(F)c2F)Cn2c(C3(C(F)(F)F)CC3)cnc21)N1CCC(c2ccn[nH]c2=O)CC1. The van der Waals surface area contributed by atoms with Gasteiger partial charge in [0.1, 0.15) is 11.2 Å². The maximum absolute atomic E-state index is 14.8. The molecule has 1 aliphatic carbocycles. The maximum Gasteiger partial charge on any atom is 0.399 e. The highest BCUT2D eigenvalue weighted by molar-refractivity contribution is 5.74. The Hall–Kier alpha value is -3.77. The number of amides is 2. The lowest BCUT2D eigenvalue weighted by Crippen LogP contribution is -2.46. The Kier molecular flexibility index (Phi) is 6.85. The zero-order valence-electron chi connectivity index (χ0n) is 22.1. The Morgan fingerprint density at radius 1 is 1.02 bits per heavy atom. The number of alkyl halides is 3. The smallest absolute Gasteiger partial charge is 0.329 e. The molecular weight excluding hydrogens is 547 g/mol. The number of urea groups is 1. The van der Waals surface area contributed by atoms with Crippen molar-refractivity contribution in [3.63, 3.8) is 0 Å². The standard InChI is InChI=1S/C28H29F5N6O2/c29-20-3-1-2-18(23(20)30)17-4-5-21(24-34-14-22(39(24)15-17)27(9-10-27)28(31,32)33)36-26(41)38-12-7-16(8-13-38)19-6-11-35-37-25(19)40/h1-3,6,11,14,16-17,21H,4-5,7-10,12-13,15H2,(H,36,41)(H,37,40)/t17-,21-/m1/s1. The van der Waals surface area contributed by atoms with E-state index in [1.165, 1.54) is 29.1 Å². The third-order valence-corrected chi connectivity index (χ3v) is 8.89. The number of likely N-dealkylation sites (tertiary alicyclic amines) is 1. The molecule has 1 saturated heterocycles. The molecular formula is C28H29F5N6O2. The molecule has 3 aliphatic rings. The number of imidazole rings is 1. The van der Waals surface area contributed by atoms with E-state index in [0.717, 1.165) is 6.07 Å². The molecule has 0 bridgehead atoms. The number of benzene rings is 1. The summed E-state index contributed by atoms with van der Waals surface area (Å²) >= 11 is 0. The van der Waals surface area contributed by atoms with Crippen LogP contribution in [-0.4, -0.2) is 49.9 Å². The number of aromatic nitrogens is 4. The summed E-state index contributed by atoms with van der Waals surface area (Å²) in [5.41, 5.74) is -1.59. The summed E-state index contributed by atoms with van der Waals surface area (Å²) in [5, 5.41) is 9.10. The minimum absolute atomic E-state index is 0.00801. The van der Waals surface area contributed by atoms with Crippen LogP contribution in [0.2, 0.25) is 0 Å². The second kappa shape index (κ2) is 10.3. The van der Waals surface area contributed by atoms with Gasteiger partial charge in [0, 0.05) is 43.5 Å². The van der Waals surface area contributed by atoms with Crippen LogP contribution in [0.3, 0.4) is 0 Å². The van der Waals surface area contributed by atoms with E-state index in [0.29, 0.717) is 37.9 Å². The number of H-pyrrole nitrogens is 1. The second-order valence-electron chi connectivity index (χ2n) is 11.2. The van der Waals surface area contributed by atoms with Gasteiger partial charge >= 0.3 is 12.2 Å². The van der Waals surface area contributed by atoms with Crippen LogP contribution >= 0.6 is 0 Å². The molecule has 218 valence electrons. The highest BCUT2D eigenvalue weighted by atomic mass is 19.4. The highest BCUT2D eigenvalue weighted by Crippen LogP contribution is 2.59. The molecule has 8 nitrogen and oxygen atoms in total. The molecule has 41 heavy (non-hydrogen) atoms. The molecule has 0 radical (unpaired) electrons. The summed E-state index contributed by atoms with van der Waals surface area (Å²) in [6, 6.07) is 4.40. The van der Waals surface area contributed by atoms with Crippen LogP contribution in [0.5, 0.6) is 0 Å². The minimum Gasteiger partial charge on any atom is -0.329 e. The molecule has 2 aliphatic heterocycles. The van der Waals surface area contributed by atoms with Crippen LogP contribution in [0, 0.1) is 11.6 Å². The number of rotatable bonds is 4. The zero-order valence-corrected chi connectivity index (χ0v) is 22.1. The fourth-order valence-corrected chi connectivity index (χ4v) is 6.40. The number of carbonyl (C=O) groups excluding carboxylic acids is 1. The molecule has 3 aromatic rings. The molecule has 2 atom stereocenters. The summed E-state index contributed by atoms with van der Waals surface area (Å²) < 4.78 is 72.8. The van der Waals surface area contributed by atoms with Crippen molar-refractivity contribution in [2.24, 2.45) is 0 Å². The molecule has 1 aromatic carbocycles. The van der Waals surface area contributed by atoms with Gasteiger partial charge in [-0.1, -0.05) is 12.1 Å². The lowest BCUT2D eigenvalue weighted by molar-refractivity contribution is -0.162. The van der Waals surface area contributed by atoms with E-state index in [1.54, 1.807) is 11.0 Å². The number of hydrogen-bond acceptors (Lipinski definition) is 4. The predicted octanol–water partition coefficient (Wildman–Crippen LogP) is 5.05. The van der Waals surface area contributed by atoms with E-state index in [1.807, 2.05) is 0 Å². The van der Waals surface area contributed by atoms with Crippen LogP contribution in [0.4, 0.5) is 26.7 Å². The number of halogens is 5. The van der Waals surface area contributed by atoms with E-state index in [-0.39, 0.29) is 60.4 Å². The Balaban J connectivity index is 1.25. The van der Waals surface area contributed by atoms with Gasteiger partial charge in [0.2, 0.25) is 0 Å². The minimum atomic E-state index is -4.49. The molecule has 1 saturated carbocycles. The monoisotopic (exact) mass is 576 g/mol. The quantitative estimate of drug-likeness (QED) is 0.425. The van der Waals surface area contributed by atoms with E-state index in [2.05, 4.69) is 20.5 Å². The summed E-state index contributed by atoms with van der Waals surface area (Å²) in [4.78, 5) is 31.4. The van der Waals surface area contributed by atoms with Crippen molar-refractivity contribution in [1.82, 2.24) is 30.0 Å². The zero-order chi connectivity index (χ0) is 28.9. The summed E-state index contributed by atoms with van der Waals surface area (Å²) in [7, 11) is 0. The third-order valence-electron chi connectivity index (χ3n) is 8.89. The van der Waals surface area contributed by atoms with Gasteiger partial charge in [-0.2, -0.15) is 18.3 Å². The first kappa shape index (κ1) is 27.4. The van der Waals surface area contributed by atoms with Crippen LogP contribution in [-0.2, 0) is 12.0 Å². The predicted molar refractivity (Wildman–Crippen MR) is 137 cm³/mol. The van der Waals surface area contributed by atoms with Gasteiger partial charge in [-0.05, 0) is 62.1 Å². The van der Waals surface area contributed by atoms with E-state index >= 15 is 0 Å². The third kappa shape index (κ3) is 4.88. The van der Waals surface area contributed by atoms with E-state index in [9.17, 15) is 31.5 Å². The van der Waals surface area contributed by atoms with Crippen LogP contribution in [0.25, 0.3) is 0 Å². The van der Waals surface area contributed by atoms with Crippen molar-refractivity contribution in [2.45, 2.75) is 74.5 Å². The van der Waals surface area contributed by atoms with Crippen LogP contribution in [0.1, 0.15) is 79.0 Å². The van der Waals surface area contributed by atoms with Crippen molar-refractivity contribution in [3.05, 3.63) is 81.3 Å². The number of hydrogen-bond donors (Lipinski definition) is 2. The average molecular weight is 577 g/mol. The molecule has 2 amide bonds. The van der Waals surface area contributed by atoms with Crippen molar-refractivity contribution in [1.29, 1.82) is 0 Å². The Morgan fingerprint density at radius 2 is 1.78 bits per heavy atom. The van der Waals surface area contributed by atoms with Gasteiger partial charge in [-0.25, -0.2) is 23.7 Å². The first-order valence-electron chi connectivity index (χ1n) is 13.7. The topological polar surface area (TPSA) is 95.9 Å². The van der Waals surface area contributed by atoms with Gasteiger partial charge in [0.25, 0.3) is 5.56 Å². The van der Waals surface area contributed by atoms with E-state index in [4.69, 9.17) is 0 Å². The van der Waals surface area contributed by atoms with Crippen LogP contribution in [0.15, 0.2) is 41.5 Å². The van der Waals surface area contributed by atoms with Gasteiger partial charge in [0.15, 0.2) is 11.6 Å². The number of carbonyl (C=O) groups is 1. The van der Waals surface area contributed by atoms with Crippen molar-refractivity contribution >= 4 is 6.03 Å². The summed E-state index contributed by atoms with van der Waals surface area (Å²) in [6.07, 6.45) is -0.180. The molecule has 0 spiro atoms. The summed E-state index contributed by atoms with van der Waals surface area (Å²) in [5.74, 6) is -2.40. The normalized spacial score (nSPS) is 22.6. The summed E-state index contributed by atoms with van der Waals surface area (Å²) in [6.45, 7) is 0.763. The van der Waals surface area contributed by atoms with Gasteiger partial charge < -0.3 is 14.8 Å². The Bertz CT molecular complexity index is 1510. The first-order chi connectivity index (χ1) is 19.6. The van der Waals surface area contributed by atoms with Gasteiger partial charge in [-0.15, -0.1) is 0 Å². The first-order valence-corrected chi connectivity index (χ1v) is 13.7. The highest BCUT2D eigenvalue weighted by Gasteiger charge is 2.66.